The topological polar surface area (TPSA) is 61.8 Å². The fraction of sp³-hybridized carbons (Fsp3) is 0.698. The Morgan fingerprint density at radius 1 is 0.397 bits per heavy atom. The van der Waals surface area contributed by atoms with Crippen LogP contribution in [0.25, 0.3) is 0 Å². The lowest BCUT2D eigenvalue weighted by Crippen LogP contribution is -2.30. The molecule has 0 aromatic heterocycles. The van der Waals surface area contributed by atoms with Crippen LogP contribution in [0.2, 0.25) is 0 Å². The van der Waals surface area contributed by atoms with Crippen LogP contribution in [0.4, 0.5) is 0 Å². The molecule has 58 heavy (non-hydrogen) atoms. The molecule has 332 valence electrons. The van der Waals surface area contributed by atoms with Crippen LogP contribution in [-0.4, -0.2) is 37.9 Å². The molecule has 0 radical (unpaired) electrons. The maximum Gasteiger partial charge on any atom is 0.306 e. The van der Waals surface area contributed by atoms with Crippen molar-refractivity contribution in [3.63, 3.8) is 0 Å². The summed E-state index contributed by atoms with van der Waals surface area (Å²) in [5.74, 6) is -0.457. The molecule has 5 nitrogen and oxygen atoms in total. The summed E-state index contributed by atoms with van der Waals surface area (Å²) in [7, 11) is 0. The molecule has 0 heterocycles. The molecule has 0 fully saturated rings. The minimum absolute atomic E-state index is 0.0500. The second-order valence-corrected chi connectivity index (χ2v) is 15.6. The molecule has 1 atom stereocenters. The molecule has 0 bridgehead atoms. The summed E-state index contributed by atoms with van der Waals surface area (Å²) < 4.78 is 17.3. The third kappa shape index (κ3) is 45.8. The Hall–Kier alpha value is -2.92. The summed E-state index contributed by atoms with van der Waals surface area (Å²) in [5.41, 5.74) is 0. The number of rotatable bonds is 43. The van der Waals surface area contributed by atoms with E-state index in [1.54, 1.807) is 0 Å². The third-order valence-electron chi connectivity index (χ3n) is 9.87. The summed E-state index contributed by atoms with van der Waals surface area (Å²) in [6.45, 7) is 7.48. The van der Waals surface area contributed by atoms with Crippen LogP contribution in [-0.2, 0) is 23.8 Å². The van der Waals surface area contributed by atoms with Gasteiger partial charge in [0.25, 0.3) is 0 Å². The molecule has 0 saturated carbocycles. The minimum Gasteiger partial charge on any atom is -0.462 e. The van der Waals surface area contributed by atoms with Crippen LogP contribution in [0.5, 0.6) is 0 Å². The number of unbranched alkanes of at least 4 members (excludes halogenated alkanes) is 18. The Kier molecular flexibility index (Phi) is 46.0. The number of hydrogen-bond donors (Lipinski definition) is 0. The van der Waals surface area contributed by atoms with E-state index in [0.717, 1.165) is 103 Å². The lowest BCUT2D eigenvalue weighted by atomic mass is 10.1. The maximum absolute atomic E-state index is 12.7. The van der Waals surface area contributed by atoms with E-state index in [0.29, 0.717) is 19.4 Å². The van der Waals surface area contributed by atoms with Crippen molar-refractivity contribution in [2.75, 3.05) is 19.8 Å². The number of hydrogen-bond acceptors (Lipinski definition) is 5. The summed E-state index contributed by atoms with van der Waals surface area (Å²) in [6.07, 6.45) is 63.1. The smallest absolute Gasteiger partial charge is 0.306 e. The second kappa shape index (κ2) is 48.4. The van der Waals surface area contributed by atoms with Gasteiger partial charge in [-0.3, -0.25) is 9.59 Å². The number of ether oxygens (including phenoxy) is 3. The van der Waals surface area contributed by atoms with Gasteiger partial charge in [0, 0.05) is 19.4 Å². The van der Waals surface area contributed by atoms with Crippen LogP contribution in [0, 0.1) is 0 Å². The van der Waals surface area contributed by atoms with Gasteiger partial charge in [-0.05, 0) is 103 Å². The van der Waals surface area contributed by atoms with Gasteiger partial charge in [0.2, 0.25) is 0 Å². The first-order valence-corrected chi connectivity index (χ1v) is 24.1. The lowest BCUT2D eigenvalue weighted by Gasteiger charge is -2.18. The molecule has 0 aliphatic heterocycles. The van der Waals surface area contributed by atoms with Gasteiger partial charge in [-0.25, -0.2) is 0 Å². The van der Waals surface area contributed by atoms with Crippen LogP contribution >= 0.6 is 0 Å². The molecule has 5 heteroatoms. The highest BCUT2D eigenvalue weighted by atomic mass is 16.6. The van der Waals surface area contributed by atoms with Crippen molar-refractivity contribution in [2.45, 2.75) is 219 Å². The Morgan fingerprint density at radius 3 is 1.33 bits per heavy atom. The molecule has 1 unspecified atom stereocenters. The zero-order valence-electron chi connectivity index (χ0n) is 38.0. The first kappa shape index (κ1) is 55.1. The van der Waals surface area contributed by atoms with Gasteiger partial charge in [-0.2, -0.15) is 0 Å². The summed E-state index contributed by atoms with van der Waals surface area (Å²) in [5, 5.41) is 0. The molecular weight excluding hydrogens is 717 g/mol. The Labute approximate surface area is 359 Å². The van der Waals surface area contributed by atoms with Crippen LogP contribution in [0.3, 0.4) is 0 Å². The van der Waals surface area contributed by atoms with Crippen LogP contribution in [0.15, 0.2) is 85.1 Å². The fourth-order valence-corrected chi connectivity index (χ4v) is 6.31. The average molecular weight is 807 g/mol. The van der Waals surface area contributed by atoms with Crippen molar-refractivity contribution >= 4 is 11.9 Å². The largest absolute Gasteiger partial charge is 0.462 e. The number of allylic oxidation sites excluding steroid dienone is 14. The van der Waals surface area contributed by atoms with Gasteiger partial charge < -0.3 is 14.2 Å². The number of carbonyl (C=O) groups is 2. The van der Waals surface area contributed by atoms with Crippen molar-refractivity contribution in [1.29, 1.82) is 0 Å². The maximum atomic E-state index is 12.7. The molecule has 0 aliphatic rings. The first-order chi connectivity index (χ1) is 28.6. The summed E-state index contributed by atoms with van der Waals surface area (Å²) in [6, 6.07) is 0. The molecule has 0 saturated heterocycles. The highest BCUT2D eigenvalue weighted by Crippen LogP contribution is 2.12. The molecule has 0 rings (SSSR count). The first-order valence-electron chi connectivity index (χ1n) is 24.1. The number of carbonyl (C=O) groups excluding carboxylic acids is 2. The molecule has 0 aromatic carbocycles. The summed E-state index contributed by atoms with van der Waals surface area (Å²) in [4.78, 5) is 25.3. The van der Waals surface area contributed by atoms with E-state index in [1.807, 2.05) is 0 Å². The van der Waals surface area contributed by atoms with Gasteiger partial charge in [0.15, 0.2) is 6.10 Å². The fourth-order valence-electron chi connectivity index (χ4n) is 6.31. The summed E-state index contributed by atoms with van der Waals surface area (Å²) >= 11 is 0. The average Bonchev–Trinajstić information content (AvgIpc) is 3.22. The monoisotopic (exact) mass is 807 g/mol. The van der Waals surface area contributed by atoms with Crippen LogP contribution < -0.4 is 0 Å². The van der Waals surface area contributed by atoms with Gasteiger partial charge >= 0.3 is 11.9 Å². The quantitative estimate of drug-likeness (QED) is 0.0349. The predicted molar refractivity (Wildman–Crippen MR) is 251 cm³/mol. The van der Waals surface area contributed by atoms with E-state index in [9.17, 15) is 9.59 Å². The molecule has 0 amide bonds. The third-order valence-corrected chi connectivity index (χ3v) is 9.87. The lowest BCUT2D eigenvalue weighted by molar-refractivity contribution is -0.163. The van der Waals surface area contributed by atoms with Crippen molar-refractivity contribution < 1.29 is 23.8 Å². The zero-order chi connectivity index (χ0) is 42.1. The van der Waals surface area contributed by atoms with E-state index in [-0.39, 0.29) is 25.2 Å². The van der Waals surface area contributed by atoms with E-state index in [1.165, 1.54) is 77.0 Å². The van der Waals surface area contributed by atoms with Crippen molar-refractivity contribution in [1.82, 2.24) is 0 Å². The highest BCUT2D eigenvalue weighted by molar-refractivity contribution is 5.70. The van der Waals surface area contributed by atoms with E-state index in [4.69, 9.17) is 14.2 Å². The Bertz CT molecular complexity index is 1090. The SMILES string of the molecule is CC/C=C\C/C=C\C/C=C\C/C=C\CCCOCC(COC(=O)CCCCCCC/C=C\CCCCCCCC)OC(=O)CCCCCCC/C=C\C/C=C\CCC. The van der Waals surface area contributed by atoms with E-state index in [2.05, 4.69) is 106 Å². The highest BCUT2D eigenvalue weighted by Gasteiger charge is 2.17. The zero-order valence-corrected chi connectivity index (χ0v) is 38.0. The van der Waals surface area contributed by atoms with Crippen molar-refractivity contribution in [3.8, 4) is 0 Å². The molecule has 0 N–H and O–H groups in total. The second-order valence-electron chi connectivity index (χ2n) is 15.6. The number of esters is 2. The van der Waals surface area contributed by atoms with E-state index >= 15 is 0 Å². The molecule has 0 spiro atoms. The normalized spacial score (nSPS) is 12.9. The Balaban J connectivity index is 4.38. The minimum atomic E-state index is -0.577. The van der Waals surface area contributed by atoms with E-state index < -0.39 is 6.10 Å². The van der Waals surface area contributed by atoms with Gasteiger partial charge in [0.1, 0.15) is 6.61 Å². The predicted octanol–water partition coefficient (Wildman–Crippen LogP) is 16.1. The van der Waals surface area contributed by atoms with Crippen molar-refractivity contribution in [3.05, 3.63) is 85.1 Å². The van der Waals surface area contributed by atoms with Gasteiger partial charge in [-0.1, -0.05) is 183 Å². The molecular formula is C53H90O5. The van der Waals surface area contributed by atoms with Gasteiger partial charge in [-0.15, -0.1) is 0 Å². The Morgan fingerprint density at radius 2 is 0.810 bits per heavy atom. The standard InChI is InChI=1S/C53H90O5/c1-4-7-10-13-16-19-22-25-27-29-31-34-37-40-43-46-52(54)57-50-51(49-56-48-45-42-39-36-33-30-26-23-20-17-14-11-8-5-2)58-53(55)47-44-41-38-35-32-28-24-21-18-15-12-9-6-3/h8,11-12,15,17,20-21,24-27,30,36,39,51H,4-7,9-10,13-14,16,18-19,22-23,28-29,31-35,37-38,40-50H2,1-3H3/b11-8-,15-12-,20-17-,24-21-,27-25-,30-26-,39-36-. The van der Waals surface area contributed by atoms with Crippen molar-refractivity contribution in [2.24, 2.45) is 0 Å². The van der Waals surface area contributed by atoms with Gasteiger partial charge in [0.05, 0.1) is 6.61 Å². The molecule has 0 aliphatic carbocycles. The molecule has 0 aromatic rings. The van der Waals surface area contributed by atoms with Crippen LogP contribution in [0.1, 0.15) is 213 Å².